The fourth-order valence-electron chi connectivity index (χ4n) is 1.66. The maximum Gasteiger partial charge on any atom is 0.0897 e. The van der Waals surface area contributed by atoms with Crippen LogP contribution in [0.3, 0.4) is 0 Å². The van der Waals surface area contributed by atoms with Crippen molar-refractivity contribution in [2.24, 2.45) is 5.92 Å². The summed E-state index contributed by atoms with van der Waals surface area (Å²) in [6, 6.07) is 0. The highest BCUT2D eigenvalue weighted by Gasteiger charge is 2.21. The molecule has 17 heavy (non-hydrogen) atoms. The SMILES string of the molecule is COCCCCCNCC(O)COCC1CC1. The van der Waals surface area contributed by atoms with Crippen molar-refractivity contribution in [2.45, 2.75) is 38.2 Å². The molecule has 0 bridgehead atoms. The Morgan fingerprint density at radius 1 is 1.29 bits per heavy atom. The van der Waals surface area contributed by atoms with E-state index in [4.69, 9.17) is 9.47 Å². The zero-order valence-electron chi connectivity index (χ0n) is 11.0. The van der Waals surface area contributed by atoms with Crippen LogP contribution in [0, 0.1) is 5.92 Å². The van der Waals surface area contributed by atoms with E-state index >= 15 is 0 Å². The number of unbranched alkanes of at least 4 members (excludes halogenated alkanes) is 2. The van der Waals surface area contributed by atoms with Gasteiger partial charge in [0.15, 0.2) is 0 Å². The quantitative estimate of drug-likeness (QED) is 0.507. The third kappa shape index (κ3) is 9.53. The molecule has 0 aromatic carbocycles. The van der Waals surface area contributed by atoms with Crippen LogP contribution in [0.25, 0.3) is 0 Å². The van der Waals surface area contributed by atoms with Crippen molar-refractivity contribution in [2.75, 3.05) is 40.0 Å². The van der Waals surface area contributed by atoms with Crippen molar-refractivity contribution in [3.63, 3.8) is 0 Å². The molecule has 1 atom stereocenters. The number of aliphatic hydroxyl groups excluding tert-OH is 1. The van der Waals surface area contributed by atoms with Gasteiger partial charge in [-0.15, -0.1) is 0 Å². The monoisotopic (exact) mass is 245 g/mol. The van der Waals surface area contributed by atoms with Gasteiger partial charge in [0.1, 0.15) is 0 Å². The molecule has 4 heteroatoms. The smallest absolute Gasteiger partial charge is 0.0897 e. The maximum absolute atomic E-state index is 9.62. The van der Waals surface area contributed by atoms with Gasteiger partial charge < -0.3 is 19.9 Å². The number of hydrogen-bond acceptors (Lipinski definition) is 4. The summed E-state index contributed by atoms with van der Waals surface area (Å²) in [4.78, 5) is 0. The van der Waals surface area contributed by atoms with Gasteiger partial charge in [0.25, 0.3) is 0 Å². The summed E-state index contributed by atoms with van der Waals surface area (Å²) in [5.41, 5.74) is 0. The minimum absolute atomic E-state index is 0.368. The van der Waals surface area contributed by atoms with Gasteiger partial charge >= 0.3 is 0 Å². The molecule has 1 unspecified atom stereocenters. The van der Waals surface area contributed by atoms with Crippen LogP contribution in [0.2, 0.25) is 0 Å². The topological polar surface area (TPSA) is 50.7 Å². The molecule has 1 aliphatic carbocycles. The Morgan fingerprint density at radius 2 is 2.12 bits per heavy atom. The van der Waals surface area contributed by atoms with Gasteiger partial charge in [-0.3, -0.25) is 0 Å². The molecular weight excluding hydrogens is 218 g/mol. The van der Waals surface area contributed by atoms with Gasteiger partial charge in [-0.25, -0.2) is 0 Å². The van der Waals surface area contributed by atoms with E-state index in [2.05, 4.69) is 5.32 Å². The van der Waals surface area contributed by atoms with Gasteiger partial charge in [0, 0.05) is 26.9 Å². The van der Waals surface area contributed by atoms with Gasteiger partial charge in [-0.1, -0.05) is 0 Å². The molecule has 0 aromatic rings. The number of nitrogens with one attached hydrogen (secondary N) is 1. The van der Waals surface area contributed by atoms with E-state index in [0.29, 0.717) is 13.2 Å². The lowest BCUT2D eigenvalue weighted by molar-refractivity contribution is 0.0326. The summed E-state index contributed by atoms with van der Waals surface area (Å²) >= 11 is 0. The lowest BCUT2D eigenvalue weighted by Gasteiger charge is -2.12. The Labute approximate surface area is 105 Å². The van der Waals surface area contributed by atoms with Crippen molar-refractivity contribution in [1.82, 2.24) is 5.32 Å². The molecule has 0 amide bonds. The molecule has 1 saturated carbocycles. The number of hydrogen-bond donors (Lipinski definition) is 2. The van der Waals surface area contributed by atoms with Gasteiger partial charge in [-0.2, -0.15) is 0 Å². The van der Waals surface area contributed by atoms with E-state index < -0.39 is 0 Å². The Hall–Kier alpha value is -0.160. The van der Waals surface area contributed by atoms with E-state index in [1.807, 2.05) is 0 Å². The van der Waals surface area contributed by atoms with Crippen LogP contribution in [0.15, 0.2) is 0 Å². The summed E-state index contributed by atoms with van der Waals surface area (Å²) < 4.78 is 10.4. The molecule has 2 N–H and O–H groups in total. The third-order valence-corrected chi connectivity index (χ3v) is 2.94. The summed E-state index contributed by atoms with van der Waals surface area (Å²) in [6.07, 6.45) is 5.66. The molecule has 4 nitrogen and oxygen atoms in total. The normalized spacial score (nSPS) is 17.3. The summed E-state index contributed by atoms with van der Waals surface area (Å²) in [5, 5.41) is 12.9. The van der Waals surface area contributed by atoms with Crippen molar-refractivity contribution < 1.29 is 14.6 Å². The maximum atomic E-state index is 9.62. The third-order valence-electron chi connectivity index (χ3n) is 2.94. The first-order valence-electron chi connectivity index (χ1n) is 6.78. The number of methoxy groups -OCH3 is 1. The van der Waals surface area contributed by atoms with E-state index in [1.165, 1.54) is 19.3 Å². The van der Waals surface area contributed by atoms with Crippen LogP contribution >= 0.6 is 0 Å². The molecule has 1 fully saturated rings. The molecule has 0 aliphatic heterocycles. The van der Waals surface area contributed by atoms with Gasteiger partial charge in [0.05, 0.1) is 12.7 Å². The van der Waals surface area contributed by atoms with Crippen LogP contribution in [0.1, 0.15) is 32.1 Å². The Kier molecular flexibility index (Phi) is 8.61. The highest BCUT2D eigenvalue weighted by Crippen LogP contribution is 2.28. The van der Waals surface area contributed by atoms with Gasteiger partial charge in [-0.05, 0) is 44.6 Å². The second kappa shape index (κ2) is 9.83. The fourth-order valence-corrected chi connectivity index (χ4v) is 1.66. The zero-order valence-corrected chi connectivity index (χ0v) is 11.0. The average Bonchev–Trinajstić information content (AvgIpc) is 3.12. The molecule has 1 rings (SSSR count). The summed E-state index contributed by atoms with van der Waals surface area (Å²) in [6.45, 7) is 3.73. The van der Waals surface area contributed by atoms with E-state index in [-0.39, 0.29) is 6.10 Å². The van der Waals surface area contributed by atoms with Crippen LogP contribution in [0.5, 0.6) is 0 Å². The van der Waals surface area contributed by atoms with E-state index in [1.54, 1.807) is 7.11 Å². The second-order valence-electron chi connectivity index (χ2n) is 4.89. The minimum atomic E-state index is -0.368. The number of aliphatic hydroxyl groups is 1. The molecule has 0 heterocycles. The second-order valence-corrected chi connectivity index (χ2v) is 4.89. The standard InChI is InChI=1S/C13H27NO3/c1-16-8-4-2-3-7-14-9-13(15)11-17-10-12-5-6-12/h12-15H,2-11H2,1H3. The largest absolute Gasteiger partial charge is 0.389 e. The fraction of sp³-hybridized carbons (Fsp3) is 1.00. The Balaban J connectivity index is 1.74. The van der Waals surface area contributed by atoms with Crippen molar-refractivity contribution in [3.05, 3.63) is 0 Å². The molecule has 0 spiro atoms. The molecule has 102 valence electrons. The Morgan fingerprint density at radius 3 is 2.82 bits per heavy atom. The van der Waals surface area contributed by atoms with Crippen molar-refractivity contribution >= 4 is 0 Å². The predicted octanol–water partition coefficient (Wildman–Crippen LogP) is 1.18. The summed E-state index contributed by atoms with van der Waals surface area (Å²) in [5.74, 6) is 0.774. The molecule has 1 aliphatic rings. The molecule has 0 saturated heterocycles. The highest BCUT2D eigenvalue weighted by atomic mass is 16.5. The molecule has 0 radical (unpaired) electrons. The predicted molar refractivity (Wildman–Crippen MR) is 68.1 cm³/mol. The first-order valence-corrected chi connectivity index (χ1v) is 6.78. The van der Waals surface area contributed by atoms with Crippen LogP contribution in [-0.4, -0.2) is 51.2 Å². The average molecular weight is 245 g/mol. The highest BCUT2D eigenvalue weighted by molar-refractivity contribution is 4.72. The number of ether oxygens (including phenoxy) is 2. The number of rotatable bonds is 12. The first-order chi connectivity index (χ1) is 8.33. The lowest BCUT2D eigenvalue weighted by Crippen LogP contribution is -2.31. The van der Waals surface area contributed by atoms with E-state index in [0.717, 1.165) is 38.5 Å². The van der Waals surface area contributed by atoms with Crippen molar-refractivity contribution in [3.8, 4) is 0 Å². The first kappa shape index (κ1) is 14.9. The Bertz CT molecular complexity index is 174. The van der Waals surface area contributed by atoms with Gasteiger partial charge in [0.2, 0.25) is 0 Å². The minimum Gasteiger partial charge on any atom is -0.389 e. The lowest BCUT2D eigenvalue weighted by atomic mass is 10.2. The molecule has 0 aromatic heterocycles. The summed E-state index contributed by atoms with van der Waals surface area (Å²) in [7, 11) is 1.73. The van der Waals surface area contributed by atoms with Crippen molar-refractivity contribution in [1.29, 1.82) is 0 Å². The van der Waals surface area contributed by atoms with Crippen LogP contribution < -0.4 is 5.32 Å². The van der Waals surface area contributed by atoms with Crippen LogP contribution in [-0.2, 0) is 9.47 Å². The molecular formula is C13H27NO3. The van der Waals surface area contributed by atoms with Crippen LogP contribution in [0.4, 0.5) is 0 Å². The zero-order chi connectivity index (χ0) is 12.3. The van der Waals surface area contributed by atoms with E-state index in [9.17, 15) is 5.11 Å².